The van der Waals surface area contributed by atoms with Crippen LogP contribution in [-0.2, 0) is 11.2 Å². The third-order valence-electron chi connectivity index (χ3n) is 6.31. The van der Waals surface area contributed by atoms with Gasteiger partial charge >= 0.3 is 0 Å². The minimum absolute atomic E-state index is 0.0441. The molecule has 1 amide bonds. The molecule has 1 aliphatic heterocycles. The predicted octanol–water partition coefficient (Wildman–Crippen LogP) is 5.31. The summed E-state index contributed by atoms with van der Waals surface area (Å²) in [7, 11) is 0. The third-order valence-corrected chi connectivity index (χ3v) is 7.02. The third kappa shape index (κ3) is 4.48. The first-order valence-corrected chi connectivity index (χ1v) is 11.8. The Morgan fingerprint density at radius 2 is 1.90 bits per heavy atom. The van der Waals surface area contributed by atoms with Crippen molar-refractivity contribution in [1.82, 2.24) is 9.62 Å². The molecule has 1 saturated heterocycles. The number of carbonyl (C=O) groups excluding carboxylic acids is 1. The van der Waals surface area contributed by atoms with E-state index in [0.717, 1.165) is 24.8 Å². The van der Waals surface area contributed by atoms with E-state index in [1.807, 2.05) is 37.3 Å². The zero-order chi connectivity index (χ0) is 22.0. The van der Waals surface area contributed by atoms with Gasteiger partial charge in [0.2, 0.25) is 5.91 Å². The van der Waals surface area contributed by atoms with E-state index in [1.54, 1.807) is 18.2 Å². The van der Waals surface area contributed by atoms with E-state index in [1.165, 1.54) is 16.8 Å². The fourth-order valence-electron chi connectivity index (χ4n) is 4.40. The Bertz CT molecular complexity index is 920. The van der Waals surface area contributed by atoms with Gasteiger partial charge in [-0.3, -0.25) is 9.52 Å². The maximum Gasteiger partial charge on any atom is 0.283 e. The molecule has 31 heavy (non-hydrogen) atoms. The van der Waals surface area contributed by atoms with Crippen molar-refractivity contribution in [1.29, 1.82) is 0 Å². The molecule has 0 radical (unpaired) electrons. The number of likely N-dealkylation sites (tertiary alicyclic amines) is 1. The highest BCUT2D eigenvalue weighted by Gasteiger charge is 2.56. The van der Waals surface area contributed by atoms with Crippen molar-refractivity contribution in [2.75, 3.05) is 12.3 Å². The molecule has 2 unspecified atom stereocenters. The molecule has 7 heteroatoms. The molecule has 3 nitrogen and oxygen atoms in total. The number of carbonyl (C=O) groups is 1. The monoisotopic (exact) mass is 448 g/mol. The van der Waals surface area contributed by atoms with Crippen LogP contribution < -0.4 is 4.72 Å². The van der Waals surface area contributed by atoms with Gasteiger partial charge in [-0.15, -0.1) is 0 Å². The first kappa shape index (κ1) is 22.2. The van der Waals surface area contributed by atoms with Crippen LogP contribution in [0, 0.1) is 11.7 Å². The molecule has 2 aliphatic rings. The van der Waals surface area contributed by atoms with Gasteiger partial charge in [-0.1, -0.05) is 73.8 Å². The maximum absolute atomic E-state index is 15.4. The molecule has 0 spiro atoms. The Morgan fingerprint density at radius 1 is 1.16 bits per heavy atom. The van der Waals surface area contributed by atoms with Crippen molar-refractivity contribution in [2.45, 2.75) is 50.6 Å². The summed E-state index contributed by atoms with van der Waals surface area (Å²) in [6, 6.07) is 12.2. The zero-order valence-corrected chi connectivity index (χ0v) is 18.3. The van der Waals surface area contributed by atoms with E-state index in [0.29, 0.717) is 16.9 Å². The van der Waals surface area contributed by atoms with E-state index >= 15 is 4.39 Å². The molecule has 2 aromatic rings. The lowest BCUT2D eigenvalue weighted by atomic mass is 9.84. The highest BCUT2D eigenvalue weighted by Crippen LogP contribution is 2.39. The van der Waals surface area contributed by atoms with Crippen molar-refractivity contribution in [2.24, 2.45) is 5.92 Å². The van der Waals surface area contributed by atoms with Gasteiger partial charge in [0.15, 0.2) is 0 Å². The van der Waals surface area contributed by atoms with Gasteiger partial charge < -0.3 is 4.90 Å². The molecule has 2 fully saturated rings. The van der Waals surface area contributed by atoms with Crippen LogP contribution in [0.4, 0.5) is 13.2 Å². The van der Waals surface area contributed by atoms with Crippen LogP contribution in [0.2, 0.25) is 0 Å². The number of alkyl halides is 2. The Morgan fingerprint density at radius 3 is 2.55 bits per heavy atom. The van der Waals surface area contributed by atoms with E-state index < -0.39 is 30.4 Å². The standard InChI is InChI=1S/C24H27F3N2OS/c1-2-31-28-22-20(29(15-24(22,26)27)23(30)17-10-6-11-17)14-18-12-7-13-19(21(18)25)16-8-4-3-5-9-16/h3-5,7-9,12-13,17,20,22,28H,2,6,10-11,14-15H2,1H3. The molecule has 2 atom stereocenters. The second-order valence-corrected chi connectivity index (χ2v) is 9.40. The SMILES string of the molecule is CCSNC1C(Cc2cccc(-c3ccccc3)c2F)N(C(=O)C2CCC2)CC1(F)F. The fraction of sp³-hybridized carbons (Fsp3) is 0.458. The van der Waals surface area contributed by atoms with Gasteiger partial charge in [0.25, 0.3) is 5.92 Å². The highest BCUT2D eigenvalue weighted by molar-refractivity contribution is 7.97. The van der Waals surface area contributed by atoms with Crippen LogP contribution in [-0.4, -0.2) is 41.1 Å². The van der Waals surface area contributed by atoms with Crippen LogP contribution in [0.1, 0.15) is 31.7 Å². The van der Waals surface area contributed by atoms with E-state index in [2.05, 4.69) is 4.72 Å². The summed E-state index contributed by atoms with van der Waals surface area (Å²) in [6.45, 7) is 1.26. The van der Waals surface area contributed by atoms with Gasteiger partial charge in [0.1, 0.15) is 11.9 Å². The summed E-state index contributed by atoms with van der Waals surface area (Å²) in [5.41, 5.74) is 1.52. The quantitative estimate of drug-likeness (QED) is 0.583. The minimum atomic E-state index is -3.07. The maximum atomic E-state index is 15.4. The second kappa shape index (κ2) is 9.25. The van der Waals surface area contributed by atoms with E-state index in [9.17, 15) is 13.6 Å². The number of halogens is 3. The van der Waals surface area contributed by atoms with E-state index in [-0.39, 0.29) is 18.2 Å². The Labute approximate surface area is 185 Å². The molecule has 166 valence electrons. The average Bonchev–Trinajstić information content (AvgIpc) is 2.97. The summed E-state index contributed by atoms with van der Waals surface area (Å²) < 4.78 is 48.2. The summed E-state index contributed by atoms with van der Waals surface area (Å²) in [4.78, 5) is 14.3. The average molecular weight is 449 g/mol. The van der Waals surface area contributed by atoms with Crippen LogP contribution in [0.3, 0.4) is 0 Å². The van der Waals surface area contributed by atoms with Gasteiger partial charge in [-0.2, -0.15) is 0 Å². The summed E-state index contributed by atoms with van der Waals surface area (Å²) in [5.74, 6) is -3.27. The molecule has 0 bridgehead atoms. The molecule has 0 aromatic heterocycles. The first-order valence-electron chi connectivity index (χ1n) is 10.8. The number of nitrogens with zero attached hydrogens (tertiary/aromatic N) is 1. The topological polar surface area (TPSA) is 32.3 Å². The van der Waals surface area contributed by atoms with Crippen LogP contribution in [0.15, 0.2) is 48.5 Å². The summed E-state index contributed by atoms with van der Waals surface area (Å²) in [6.07, 6.45) is 2.48. The molecule has 1 N–H and O–H groups in total. The lowest BCUT2D eigenvalue weighted by Gasteiger charge is -2.34. The number of nitrogens with one attached hydrogen (secondary N) is 1. The predicted molar refractivity (Wildman–Crippen MR) is 118 cm³/mol. The minimum Gasteiger partial charge on any atom is -0.331 e. The fourth-order valence-corrected chi connectivity index (χ4v) is 5.08. The van der Waals surface area contributed by atoms with Gasteiger partial charge in [0, 0.05) is 17.2 Å². The summed E-state index contributed by atoms with van der Waals surface area (Å²) >= 11 is 1.21. The number of amides is 1. The molecule has 1 aliphatic carbocycles. The lowest BCUT2D eigenvalue weighted by Crippen LogP contribution is -2.49. The molecule has 4 rings (SSSR count). The van der Waals surface area contributed by atoms with Crippen molar-refractivity contribution < 1.29 is 18.0 Å². The normalized spacial score (nSPS) is 23.0. The first-order chi connectivity index (χ1) is 14.9. The van der Waals surface area contributed by atoms with Crippen LogP contribution in [0.5, 0.6) is 0 Å². The van der Waals surface area contributed by atoms with Crippen molar-refractivity contribution >= 4 is 17.9 Å². The molecule has 2 aromatic carbocycles. The Balaban J connectivity index is 1.66. The second-order valence-electron chi connectivity index (χ2n) is 8.30. The molecule has 1 saturated carbocycles. The van der Waals surface area contributed by atoms with Crippen LogP contribution >= 0.6 is 11.9 Å². The highest BCUT2D eigenvalue weighted by atomic mass is 32.2. The molecular formula is C24H27F3N2OS. The number of hydrogen-bond acceptors (Lipinski definition) is 3. The van der Waals surface area contributed by atoms with Gasteiger partial charge in [0.05, 0.1) is 12.6 Å². The van der Waals surface area contributed by atoms with Crippen molar-refractivity contribution in [3.8, 4) is 11.1 Å². The Hall–Kier alpha value is -1.99. The number of hydrogen-bond donors (Lipinski definition) is 1. The van der Waals surface area contributed by atoms with Crippen molar-refractivity contribution in [3.05, 3.63) is 59.9 Å². The lowest BCUT2D eigenvalue weighted by molar-refractivity contribution is -0.140. The number of rotatable bonds is 7. The molecule has 1 heterocycles. The van der Waals surface area contributed by atoms with Crippen LogP contribution in [0.25, 0.3) is 11.1 Å². The molecular weight excluding hydrogens is 421 g/mol. The zero-order valence-electron chi connectivity index (χ0n) is 17.5. The smallest absolute Gasteiger partial charge is 0.283 e. The number of benzene rings is 2. The Kier molecular flexibility index (Phi) is 6.63. The van der Waals surface area contributed by atoms with Gasteiger partial charge in [-0.25, -0.2) is 13.2 Å². The largest absolute Gasteiger partial charge is 0.331 e. The van der Waals surface area contributed by atoms with Gasteiger partial charge in [-0.05, 0) is 30.4 Å². The van der Waals surface area contributed by atoms with Crippen molar-refractivity contribution in [3.63, 3.8) is 0 Å². The van der Waals surface area contributed by atoms with E-state index in [4.69, 9.17) is 0 Å². The summed E-state index contributed by atoms with van der Waals surface area (Å²) in [5, 5.41) is 0.